The van der Waals surface area contributed by atoms with E-state index in [9.17, 15) is 4.79 Å². The fraction of sp³-hybridized carbons (Fsp3) is 0.154. The zero-order valence-electron chi connectivity index (χ0n) is 11.2. The van der Waals surface area contributed by atoms with Gasteiger partial charge in [-0.05, 0) is 25.1 Å². The first-order valence-corrected chi connectivity index (χ1v) is 7.18. The first-order chi connectivity index (χ1) is 10.3. The zero-order chi connectivity index (χ0) is 14.7. The Balaban J connectivity index is 2.03. The second-order valence-corrected chi connectivity index (χ2v) is 5.13. The molecular weight excluding hydrogens is 288 g/mol. The Morgan fingerprint density at radius 1 is 1.29 bits per heavy atom. The summed E-state index contributed by atoms with van der Waals surface area (Å²) in [6.07, 6.45) is 1.68. The minimum absolute atomic E-state index is 0.297. The quantitative estimate of drug-likeness (QED) is 0.762. The number of pyridine rings is 1. The van der Waals surface area contributed by atoms with Gasteiger partial charge in [-0.1, -0.05) is 17.4 Å². The lowest BCUT2D eigenvalue weighted by Gasteiger charge is -2.00. The summed E-state index contributed by atoms with van der Waals surface area (Å²) in [6, 6.07) is 7.19. The number of nitrogens with one attached hydrogen (secondary N) is 2. The smallest absolute Gasteiger partial charge is 0.274 e. The van der Waals surface area contributed by atoms with E-state index in [1.807, 2.05) is 25.1 Å². The molecule has 0 aliphatic carbocycles. The molecule has 0 atom stereocenters. The number of rotatable bonds is 4. The summed E-state index contributed by atoms with van der Waals surface area (Å²) in [5.41, 5.74) is 1.41. The summed E-state index contributed by atoms with van der Waals surface area (Å²) >= 11 is 1.33. The number of nitrogens with zero attached hydrogens (tertiary/aromatic N) is 4. The SMILES string of the molecule is CCNc1nnc(-c2cc(-c3ccccn3)n[nH]c2=O)s1. The summed E-state index contributed by atoms with van der Waals surface area (Å²) in [6.45, 7) is 2.72. The van der Waals surface area contributed by atoms with Gasteiger partial charge in [0.25, 0.3) is 5.56 Å². The van der Waals surface area contributed by atoms with E-state index in [0.717, 1.165) is 6.54 Å². The highest BCUT2D eigenvalue weighted by Gasteiger charge is 2.12. The average molecular weight is 300 g/mol. The van der Waals surface area contributed by atoms with Gasteiger partial charge in [0.15, 0.2) is 5.01 Å². The van der Waals surface area contributed by atoms with Crippen LogP contribution in [0, 0.1) is 0 Å². The van der Waals surface area contributed by atoms with Crippen LogP contribution in [-0.4, -0.2) is 31.9 Å². The molecule has 0 fully saturated rings. The highest BCUT2D eigenvalue weighted by molar-refractivity contribution is 7.18. The summed E-state index contributed by atoms with van der Waals surface area (Å²) < 4.78 is 0. The van der Waals surface area contributed by atoms with Gasteiger partial charge < -0.3 is 5.32 Å². The third-order valence-corrected chi connectivity index (χ3v) is 3.63. The predicted octanol–water partition coefficient (Wildman–Crippen LogP) is 1.78. The van der Waals surface area contributed by atoms with Gasteiger partial charge in [0.1, 0.15) is 5.69 Å². The number of hydrogen-bond donors (Lipinski definition) is 2. The molecule has 3 aromatic rings. The molecule has 0 spiro atoms. The van der Waals surface area contributed by atoms with Crippen molar-refractivity contribution in [3.05, 3.63) is 40.8 Å². The lowest BCUT2D eigenvalue weighted by atomic mass is 10.2. The summed E-state index contributed by atoms with van der Waals surface area (Å²) in [5.74, 6) is 0. The summed E-state index contributed by atoms with van der Waals surface area (Å²) in [7, 11) is 0. The maximum Gasteiger partial charge on any atom is 0.274 e. The van der Waals surface area contributed by atoms with Crippen LogP contribution in [0.5, 0.6) is 0 Å². The lowest BCUT2D eigenvalue weighted by Crippen LogP contribution is -2.11. The van der Waals surface area contributed by atoms with Crippen LogP contribution in [0.3, 0.4) is 0 Å². The van der Waals surface area contributed by atoms with Crippen molar-refractivity contribution in [1.82, 2.24) is 25.4 Å². The molecule has 106 valence electrons. The molecule has 3 aromatic heterocycles. The Morgan fingerprint density at radius 2 is 2.19 bits per heavy atom. The van der Waals surface area contributed by atoms with Gasteiger partial charge in [0.2, 0.25) is 5.13 Å². The number of H-pyrrole nitrogens is 1. The van der Waals surface area contributed by atoms with E-state index in [-0.39, 0.29) is 5.56 Å². The Morgan fingerprint density at radius 3 is 2.95 bits per heavy atom. The molecule has 0 aliphatic heterocycles. The van der Waals surface area contributed by atoms with E-state index in [0.29, 0.717) is 27.1 Å². The molecule has 0 amide bonds. The van der Waals surface area contributed by atoms with Gasteiger partial charge in [-0.3, -0.25) is 9.78 Å². The van der Waals surface area contributed by atoms with E-state index in [4.69, 9.17) is 0 Å². The molecule has 0 saturated carbocycles. The topological polar surface area (TPSA) is 96.4 Å². The number of anilines is 1. The molecule has 0 saturated heterocycles. The first kappa shape index (κ1) is 13.4. The third-order valence-electron chi connectivity index (χ3n) is 2.71. The largest absolute Gasteiger partial charge is 0.360 e. The van der Waals surface area contributed by atoms with Crippen molar-refractivity contribution in [1.29, 1.82) is 0 Å². The van der Waals surface area contributed by atoms with Crippen molar-refractivity contribution in [2.24, 2.45) is 0 Å². The molecule has 0 radical (unpaired) electrons. The zero-order valence-corrected chi connectivity index (χ0v) is 12.0. The van der Waals surface area contributed by atoms with Crippen LogP contribution < -0.4 is 10.9 Å². The predicted molar refractivity (Wildman–Crippen MR) is 81.2 cm³/mol. The fourth-order valence-electron chi connectivity index (χ4n) is 1.76. The van der Waals surface area contributed by atoms with Crippen LogP contribution in [0.4, 0.5) is 5.13 Å². The molecule has 3 rings (SSSR count). The van der Waals surface area contributed by atoms with Crippen molar-refractivity contribution < 1.29 is 0 Å². The molecule has 7 nitrogen and oxygen atoms in total. The molecular formula is C13H12N6OS. The van der Waals surface area contributed by atoms with Gasteiger partial charge in [-0.15, -0.1) is 10.2 Å². The van der Waals surface area contributed by atoms with Crippen LogP contribution in [0.1, 0.15) is 6.92 Å². The minimum Gasteiger partial charge on any atom is -0.360 e. The molecule has 3 heterocycles. The van der Waals surface area contributed by atoms with E-state index in [1.54, 1.807) is 12.3 Å². The molecule has 0 unspecified atom stereocenters. The van der Waals surface area contributed by atoms with Crippen molar-refractivity contribution in [3.63, 3.8) is 0 Å². The highest BCUT2D eigenvalue weighted by Crippen LogP contribution is 2.25. The fourth-order valence-corrected chi connectivity index (χ4v) is 2.59. The van der Waals surface area contributed by atoms with E-state index < -0.39 is 0 Å². The molecule has 0 aromatic carbocycles. The molecule has 2 N–H and O–H groups in total. The molecule has 21 heavy (non-hydrogen) atoms. The average Bonchev–Trinajstić information content (AvgIpc) is 2.97. The standard InChI is InChI=1S/C13H12N6OS/c1-2-14-13-19-18-12(21-13)8-7-10(16-17-11(8)20)9-5-3-4-6-15-9/h3-7H,2H2,1H3,(H,14,19)(H,17,20). The normalized spacial score (nSPS) is 10.5. The van der Waals surface area contributed by atoms with Gasteiger partial charge in [-0.25, -0.2) is 5.10 Å². The monoisotopic (exact) mass is 300 g/mol. The van der Waals surface area contributed by atoms with Gasteiger partial charge >= 0.3 is 0 Å². The van der Waals surface area contributed by atoms with Crippen molar-refractivity contribution in [3.8, 4) is 22.0 Å². The van der Waals surface area contributed by atoms with Crippen LogP contribution in [-0.2, 0) is 0 Å². The Hall–Kier alpha value is -2.61. The van der Waals surface area contributed by atoms with E-state index in [2.05, 4.69) is 30.7 Å². The molecule has 0 bridgehead atoms. The number of hydrogen-bond acceptors (Lipinski definition) is 7. The summed E-state index contributed by atoms with van der Waals surface area (Å²) in [4.78, 5) is 16.2. The number of aromatic amines is 1. The minimum atomic E-state index is -0.297. The van der Waals surface area contributed by atoms with Crippen molar-refractivity contribution in [2.45, 2.75) is 6.92 Å². The lowest BCUT2D eigenvalue weighted by molar-refractivity contribution is 0.986. The maximum absolute atomic E-state index is 12.0. The van der Waals surface area contributed by atoms with Crippen LogP contribution in [0.2, 0.25) is 0 Å². The second-order valence-electron chi connectivity index (χ2n) is 4.15. The third kappa shape index (κ3) is 2.79. The Kier molecular flexibility index (Phi) is 3.69. The van der Waals surface area contributed by atoms with Crippen LogP contribution in [0.15, 0.2) is 35.3 Å². The van der Waals surface area contributed by atoms with Crippen molar-refractivity contribution in [2.75, 3.05) is 11.9 Å². The molecule has 0 aliphatic rings. The van der Waals surface area contributed by atoms with Gasteiger partial charge in [0, 0.05) is 12.7 Å². The van der Waals surface area contributed by atoms with Crippen molar-refractivity contribution >= 4 is 16.5 Å². The number of aromatic nitrogens is 5. The maximum atomic E-state index is 12.0. The van der Waals surface area contributed by atoms with E-state index in [1.165, 1.54) is 11.3 Å². The molecule has 8 heteroatoms. The van der Waals surface area contributed by atoms with Gasteiger partial charge in [-0.2, -0.15) is 5.10 Å². The highest BCUT2D eigenvalue weighted by atomic mass is 32.1. The Bertz CT molecular complexity index is 798. The van der Waals surface area contributed by atoms with E-state index >= 15 is 0 Å². The van der Waals surface area contributed by atoms with Crippen LogP contribution >= 0.6 is 11.3 Å². The summed E-state index contributed by atoms with van der Waals surface area (Å²) in [5, 5.41) is 18.8. The van der Waals surface area contributed by atoms with Gasteiger partial charge in [0.05, 0.1) is 11.3 Å². The second kappa shape index (κ2) is 5.80. The first-order valence-electron chi connectivity index (χ1n) is 6.37. The van der Waals surface area contributed by atoms with Crippen LogP contribution in [0.25, 0.3) is 22.0 Å². The Labute approximate surface area is 124 Å².